The van der Waals surface area contributed by atoms with Crippen LogP contribution in [0.5, 0.6) is 0 Å². The number of nitrogens with zero attached hydrogens (tertiary/aromatic N) is 1. The molecule has 0 fully saturated rings. The van der Waals surface area contributed by atoms with Crippen LogP contribution in [0, 0.1) is 3.57 Å². The van der Waals surface area contributed by atoms with Crippen LogP contribution in [-0.4, -0.2) is 13.4 Å². The molecule has 94 valence electrons. The van der Waals surface area contributed by atoms with Gasteiger partial charge in [0.1, 0.15) is 11.6 Å². The zero-order chi connectivity index (χ0) is 13.2. The second kappa shape index (κ2) is 5.11. The highest BCUT2D eigenvalue weighted by atomic mass is 127. The van der Waals surface area contributed by atoms with Crippen LogP contribution in [-0.2, 0) is 10.0 Å². The van der Waals surface area contributed by atoms with Crippen molar-refractivity contribution in [2.24, 2.45) is 0 Å². The molecule has 0 aliphatic carbocycles. The smallest absolute Gasteiger partial charge is 0.263 e. The third-order valence-electron chi connectivity index (χ3n) is 2.13. The quantitative estimate of drug-likeness (QED) is 0.805. The highest BCUT2D eigenvalue weighted by Gasteiger charge is 2.14. The number of nitrogens with two attached hydrogens (primary N) is 1. The molecule has 1 aromatic carbocycles. The molecule has 5 nitrogen and oxygen atoms in total. The van der Waals surface area contributed by atoms with E-state index in [4.69, 9.17) is 5.73 Å². The largest absolute Gasteiger partial charge is 0.384 e. The first-order valence-electron chi connectivity index (χ1n) is 4.98. The van der Waals surface area contributed by atoms with E-state index < -0.39 is 10.0 Å². The maximum atomic E-state index is 12.0. The molecular formula is C11H10IN3O2S. The number of hydrogen-bond donors (Lipinski definition) is 2. The van der Waals surface area contributed by atoms with Crippen molar-refractivity contribution in [2.45, 2.75) is 4.90 Å². The maximum Gasteiger partial charge on any atom is 0.263 e. The van der Waals surface area contributed by atoms with Gasteiger partial charge in [-0.1, -0.05) is 6.07 Å². The molecule has 1 heterocycles. The molecule has 0 aliphatic rings. The number of nitrogens with one attached hydrogen (secondary N) is 1. The van der Waals surface area contributed by atoms with Crippen molar-refractivity contribution in [3.05, 3.63) is 46.0 Å². The molecule has 0 bridgehead atoms. The van der Waals surface area contributed by atoms with Gasteiger partial charge in [-0.25, -0.2) is 13.4 Å². The van der Waals surface area contributed by atoms with Gasteiger partial charge in [0.15, 0.2) is 0 Å². The van der Waals surface area contributed by atoms with E-state index in [2.05, 4.69) is 32.3 Å². The van der Waals surface area contributed by atoms with Crippen molar-refractivity contribution in [2.75, 3.05) is 10.5 Å². The molecule has 0 saturated carbocycles. The summed E-state index contributed by atoms with van der Waals surface area (Å²) in [4.78, 5) is 4.07. The highest BCUT2D eigenvalue weighted by molar-refractivity contribution is 14.1. The van der Waals surface area contributed by atoms with Gasteiger partial charge in [0, 0.05) is 3.57 Å². The zero-order valence-corrected chi connectivity index (χ0v) is 12.1. The van der Waals surface area contributed by atoms with Gasteiger partial charge in [0.05, 0.1) is 4.90 Å². The number of aromatic nitrogens is 1. The number of hydrogen-bond acceptors (Lipinski definition) is 4. The van der Waals surface area contributed by atoms with Crippen molar-refractivity contribution in [3.63, 3.8) is 0 Å². The number of pyridine rings is 1. The van der Waals surface area contributed by atoms with Crippen LogP contribution in [0.4, 0.5) is 11.6 Å². The first kappa shape index (κ1) is 13.1. The number of halogens is 1. The summed E-state index contributed by atoms with van der Waals surface area (Å²) in [5, 5.41) is 0. The predicted molar refractivity (Wildman–Crippen MR) is 78.6 cm³/mol. The molecule has 0 spiro atoms. The van der Waals surface area contributed by atoms with E-state index in [9.17, 15) is 8.42 Å². The summed E-state index contributed by atoms with van der Waals surface area (Å²) in [5.41, 5.74) is 5.49. The van der Waals surface area contributed by atoms with Crippen LogP contribution in [0.25, 0.3) is 0 Å². The lowest BCUT2D eigenvalue weighted by atomic mass is 10.4. The average molecular weight is 375 g/mol. The van der Waals surface area contributed by atoms with E-state index in [-0.39, 0.29) is 16.5 Å². The summed E-state index contributed by atoms with van der Waals surface area (Å²) >= 11 is 2.11. The van der Waals surface area contributed by atoms with Crippen LogP contribution in [0.2, 0.25) is 0 Å². The Labute approximate surface area is 119 Å². The molecule has 0 amide bonds. The van der Waals surface area contributed by atoms with E-state index in [1.807, 2.05) is 0 Å². The Hall–Kier alpha value is -1.35. The minimum atomic E-state index is -3.62. The van der Waals surface area contributed by atoms with Crippen molar-refractivity contribution in [3.8, 4) is 0 Å². The minimum absolute atomic E-state index is 0.187. The van der Waals surface area contributed by atoms with Gasteiger partial charge in [0.25, 0.3) is 10.0 Å². The van der Waals surface area contributed by atoms with Crippen LogP contribution in [0.15, 0.2) is 47.4 Å². The third-order valence-corrected chi connectivity index (χ3v) is 4.22. The first-order chi connectivity index (χ1) is 8.47. The normalized spacial score (nSPS) is 11.2. The Kier molecular flexibility index (Phi) is 3.71. The summed E-state index contributed by atoms with van der Waals surface area (Å²) in [7, 11) is -3.62. The number of anilines is 2. The van der Waals surface area contributed by atoms with Crippen LogP contribution >= 0.6 is 22.6 Å². The Balaban J connectivity index is 2.30. The van der Waals surface area contributed by atoms with Crippen molar-refractivity contribution < 1.29 is 8.42 Å². The van der Waals surface area contributed by atoms with Crippen molar-refractivity contribution in [1.29, 1.82) is 0 Å². The monoisotopic (exact) mass is 375 g/mol. The van der Waals surface area contributed by atoms with Gasteiger partial charge in [-0.2, -0.15) is 0 Å². The lowest BCUT2D eigenvalue weighted by Gasteiger charge is -2.07. The molecule has 0 saturated heterocycles. The maximum absolute atomic E-state index is 12.0. The molecule has 0 atom stereocenters. The number of sulfonamides is 1. The van der Waals surface area contributed by atoms with Gasteiger partial charge in [-0.15, -0.1) is 0 Å². The topological polar surface area (TPSA) is 85.1 Å². The SMILES string of the molecule is Nc1cccc(NS(=O)(=O)c2ccc(I)cc2)n1. The van der Waals surface area contributed by atoms with Crippen LogP contribution in [0.1, 0.15) is 0 Å². The number of nitrogen functional groups attached to an aromatic ring is 1. The van der Waals surface area contributed by atoms with Gasteiger partial charge in [-0.05, 0) is 59.0 Å². The van der Waals surface area contributed by atoms with E-state index >= 15 is 0 Å². The fourth-order valence-corrected chi connectivity index (χ4v) is 2.68. The van der Waals surface area contributed by atoms with Crippen LogP contribution in [0.3, 0.4) is 0 Å². The van der Waals surface area contributed by atoms with Crippen molar-refractivity contribution >= 4 is 44.2 Å². The van der Waals surface area contributed by atoms with E-state index in [0.717, 1.165) is 3.57 Å². The molecule has 0 radical (unpaired) electrons. The van der Waals surface area contributed by atoms with Gasteiger partial charge >= 0.3 is 0 Å². The molecule has 2 rings (SSSR count). The predicted octanol–water partition coefficient (Wildman–Crippen LogP) is 2.07. The molecule has 3 N–H and O–H groups in total. The van der Waals surface area contributed by atoms with Crippen molar-refractivity contribution in [1.82, 2.24) is 4.98 Å². The molecule has 0 unspecified atom stereocenters. The molecule has 7 heteroatoms. The molecular weight excluding hydrogens is 365 g/mol. The Morgan fingerprint density at radius 1 is 1.11 bits per heavy atom. The Bertz CT molecular complexity index is 656. The summed E-state index contributed by atoms with van der Waals surface area (Å²) in [6, 6.07) is 11.3. The second-order valence-electron chi connectivity index (χ2n) is 3.51. The van der Waals surface area contributed by atoms with E-state index in [1.54, 1.807) is 30.3 Å². The lowest BCUT2D eigenvalue weighted by molar-refractivity contribution is 0.601. The average Bonchev–Trinajstić information content (AvgIpc) is 2.29. The van der Waals surface area contributed by atoms with E-state index in [1.165, 1.54) is 12.1 Å². The lowest BCUT2D eigenvalue weighted by Crippen LogP contribution is -2.14. The van der Waals surface area contributed by atoms with Gasteiger partial charge < -0.3 is 5.73 Å². The fourth-order valence-electron chi connectivity index (χ4n) is 1.32. The summed E-state index contributed by atoms with van der Waals surface area (Å²) in [5.74, 6) is 0.464. The molecule has 1 aromatic heterocycles. The number of benzene rings is 1. The number of rotatable bonds is 3. The van der Waals surface area contributed by atoms with Crippen LogP contribution < -0.4 is 10.5 Å². The second-order valence-corrected chi connectivity index (χ2v) is 6.44. The Morgan fingerprint density at radius 2 is 1.78 bits per heavy atom. The summed E-state index contributed by atoms with van der Waals surface area (Å²) in [6.45, 7) is 0. The van der Waals surface area contributed by atoms with Gasteiger partial charge in [-0.3, -0.25) is 4.72 Å². The summed E-state index contributed by atoms with van der Waals surface area (Å²) in [6.07, 6.45) is 0. The molecule has 2 aromatic rings. The first-order valence-corrected chi connectivity index (χ1v) is 7.54. The Morgan fingerprint density at radius 3 is 2.39 bits per heavy atom. The fraction of sp³-hybridized carbons (Fsp3) is 0. The van der Waals surface area contributed by atoms with E-state index in [0.29, 0.717) is 0 Å². The summed E-state index contributed by atoms with van der Waals surface area (Å²) < 4.78 is 27.4. The third kappa shape index (κ3) is 3.10. The highest BCUT2D eigenvalue weighted by Crippen LogP contribution is 2.16. The zero-order valence-electron chi connectivity index (χ0n) is 9.17. The molecule has 0 aliphatic heterocycles. The molecule has 18 heavy (non-hydrogen) atoms. The minimum Gasteiger partial charge on any atom is -0.384 e. The van der Waals surface area contributed by atoms with Gasteiger partial charge in [0.2, 0.25) is 0 Å². The standard InChI is InChI=1S/C11H10IN3O2S/c12-8-4-6-9(7-5-8)18(16,17)15-11-3-1-2-10(13)14-11/h1-7H,(H3,13,14,15).